The number of thiophene rings is 1. The molecule has 1 amide bonds. The number of hydrogen-bond acceptors (Lipinski definition) is 5. The van der Waals surface area contributed by atoms with Crippen LogP contribution in [0.15, 0.2) is 0 Å². The Labute approximate surface area is 142 Å². The molecule has 0 bridgehead atoms. The van der Waals surface area contributed by atoms with Crippen molar-refractivity contribution in [1.29, 1.82) is 0 Å². The van der Waals surface area contributed by atoms with Crippen LogP contribution in [0, 0.1) is 20.8 Å². The van der Waals surface area contributed by atoms with Crippen molar-refractivity contribution in [3.05, 3.63) is 16.3 Å². The number of rotatable bonds is 7. The maximum Gasteiger partial charge on any atom is 0.241 e. The predicted octanol–water partition coefficient (Wildman–Crippen LogP) is 3.68. The van der Waals surface area contributed by atoms with Gasteiger partial charge in [0.15, 0.2) is 0 Å². The number of hydrogen-bond donors (Lipinski definition) is 1. The van der Waals surface area contributed by atoms with E-state index in [1.54, 1.807) is 11.3 Å². The SMILES string of the molecule is CCCN(CCC)C(=O)CNc1nc(C)nc2sc(C)c(C)c12. The normalized spacial score (nSPS) is 11.0. The minimum absolute atomic E-state index is 0.128. The molecule has 2 aromatic rings. The van der Waals surface area contributed by atoms with Crippen LogP contribution < -0.4 is 5.32 Å². The molecule has 2 aromatic heterocycles. The molecule has 0 atom stereocenters. The standard InChI is InChI=1S/C17H26N4OS/c1-6-8-21(9-7-2)14(22)10-18-16-15-11(3)12(4)23-17(15)20-13(5)19-16/h6-10H2,1-5H3,(H,18,19,20). The van der Waals surface area contributed by atoms with Gasteiger partial charge in [0.25, 0.3) is 0 Å². The van der Waals surface area contributed by atoms with Crippen molar-refractivity contribution >= 4 is 33.3 Å². The van der Waals surface area contributed by atoms with Crippen LogP contribution >= 0.6 is 11.3 Å². The van der Waals surface area contributed by atoms with Crippen LogP contribution in [0.25, 0.3) is 10.2 Å². The Morgan fingerprint density at radius 3 is 2.39 bits per heavy atom. The molecule has 0 unspecified atom stereocenters. The van der Waals surface area contributed by atoms with E-state index in [0.29, 0.717) is 0 Å². The van der Waals surface area contributed by atoms with Crippen LogP contribution in [0.5, 0.6) is 0 Å². The van der Waals surface area contributed by atoms with Crippen molar-refractivity contribution < 1.29 is 4.79 Å². The van der Waals surface area contributed by atoms with E-state index < -0.39 is 0 Å². The van der Waals surface area contributed by atoms with Crippen LogP contribution in [0.4, 0.5) is 5.82 Å². The maximum absolute atomic E-state index is 12.4. The van der Waals surface area contributed by atoms with Gasteiger partial charge in [0, 0.05) is 18.0 Å². The Morgan fingerprint density at radius 2 is 1.78 bits per heavy atom. The molecular formula is C17H26N4OS. The van der Waals surface area contributed by atoms with E-state index in [-0.39, 0.29) is 12.5 Å². The van der Waals surface area contributed by atoms with Crippen LogP contribution in [-0.2, 0) is 4.79 Å². The number of amides is 1. The highest BCUT2D eigenvalue weighted by atomic mass is 32.1. The van der Waals surface area contributed by atoms with E-state index >= 15 is 0 Å². The van der Waals surface area contributed by atoms with Crippen LogP contribution in [0.2, 0.25) is 0 Å². The lowest BCUT2D eigenvalue weighted by molar-refractivity contribution is -0.129. The number of aromatic nitrogens is 2. The highest BCUT2D eigenvalue weighted by molar-refractivity contribution is 7.18. The van der Waals surface area contributed by atoms with Gasteiger partial charge in [-0.3, -0.25) is 4.79 Å². The van der Waals surface area contributed by atoms with E-state index in [1.165, 1.54) is 10.4 Å². The van der Waals surface area contributed by atoms with Crippen molar-refractivity contribution in [2.75, 3.05) is 25.0 Å². The first-order chi connectivity index (χ1) is 11.0. The lowest BCUT2D eigenvalue weighted by Crippen LogP contribution is -2.36. The monoisotopic (exact) mass is 334 g/mol. The first-order valence-corrected chi connectivity index (χ1v) is 9.05. The largest absolute Gasteiger partial charge is 0.360 e. The molecule has 0 aromatic carbocycles. The number of nitrogens with one attached hydrogen (secondary N) is 1. The molecule has 5 nitrogen and oxygen atoms in total. The number of nitrogens with zero attached hydrogens (tertiary/aromatic N) is 3. The Hall–Kier alpha value is -1.69. The van der Waals surface area contributed by atoms with E-state index in [9.17, 15) is 4.79 Å². The summed E-state index contributed by atoms with van der Waals surface area (Å²) in [7, 11) is 0. The Morgan fingerprint density at radius 1 is 1.13 bits per heavy atom. The van der Waals surface area contributed by atoms with Gasteiger partial charge in [-0.2, -0.15) is 0 Å². The molecule has 0 aliphatic carbocycles. The fourth-order valence-electron chi connectivity index (χ4n) is 2.66. The third-order valence-electron chi connectivity index (χ3n) is 3.89. The lowest BCUT2D eigenvalue weighted by atomic mass is 10.2. The van der Waals surface area contributed by atoms with Gasteiger partial charge in [-0.1, -0.05) is 13.8 Å². The van der Waals surface area contributed by atoms with E-state index in [4.69, 9.17) is 0 Å². The Bertz CT molecular complexity index is 689. The van der Waals surface area contributed by atoms with Crippen molar-refractivity contribution in [2.24, 2.45) is 0 Å². The summed E-state index contributed by atoms with van der Waals surface area (Å²) >= 11 is 1.68. The van der Waals surface area contributed by atoms with Gasteiger partial charge < -0.3 is 10.2 Å². The number of carbonyl (C=O) groups excluding carboxylic acids is 1. The summed E-state index contributed by atoms with van der Waals surface area (Å²) in [4.78, 5) is 25.6. The molecule has 2 rings (SSSR count). The van der Waals surface area contributed by atoms with Crippen molar-refractivity contribution in [3.63, 3.8) is 0 Å². The molecule has 0 saturated heterocycles. The summed E-state index contributed by atoms with van der Waals surface area (Å²) in [5.41, 5.74) is 1.19. The van der Waals surface area contributed by atoms with E-state index in [2.05, 4.69) is 43.0 Å². The molecule has 23 heavy (non-hydrogen) atoms. The van der Waals surface area contributed by atoms with Gasteiger partial charge in [-0.15, -0.1) is 11.3 Å². The first-order valence-electron chi connectivity index (χ1n) is 8.23. The number of anilines is 1. The Balaban J connectivity index is 2.20. The van der Waals surface area contributed by atoms with Gasteiger partial charge in [-0.25, -0.2) is 9.97 Å². The van der Waals surface area contributed by atoms with Gasteiger partial charge in [0.05, 0.1) is 11.9 Å². The molecular weight excluding hydrogens is 308 g/mol. The summed E-state index contributed by atoms with van der Waals surface area (Å²) in [6.45, 7) is 12.1. The van der Waals surface area contributed by atoms with Crippen molar-refractivity contribution in [3.8, 4) is 0 Å². The molecule has 0 aliphatic heterocycles. The average Bonchev–Trinajstić information content (AvgIpc) is 2.78. The quantitative estimate of drug-likeness (QED) is 0.839. The molecule has 126 valence electrons. The second-order valence-electron chi connectivity index (χ2n) is 5.82. The van der Waals surface area contributed by atoms with Crippen LogP contribution in [0.1, 0.15) is 43.0 Å². The summed E-state index contributed by atoms with van der Waals surface area (Å²) in [6, 6.07) is 0. The van der Waals surface area contributed by atoms with Crippen molar-refractivity contribution in [2.45, 2.75) is 47.5 Å². The van der Waals surface area contributed by atoms with Gasteiger partial charge >= 0.3 is 0 Å². The maximum atomic E-state index is 12.4. The topological polar surface area (TPSA) is 58.1 Å². The molecule has 0 radical (unpaired) electrons. The number of aryl methyl sites for hydroxylation is 3. The molecule has 0 fully saturated rings. The van der Waals surface area contributed by atoms with E-state index in [0.717, 1.165) is 47.8 Å². The molecule has 2 heterocycles. The predicted molar refractivity (Wildman–Crippen MR) is 97.3 cm³/mol. The fourth-order valence-corrected chi connectivity index (χ4v) is 3.73. The van der Waals surface area contributed by atoms with Gasteiger partial charge in [-0.05, 0) is 39.2 Å². The van der Waals surface area contributed by atoms with Gasteiger partial charge in [0.1, 0.15) is 16.5 Å². The summed E-state index contributed by atoms with van der Waals surface area (Å²) in [5.74, 6) is 1.63. The molecule has 6 heteroatoms. The van der Waals surface area contributed by atoms with Gasteiger partial charge in [0.2, 0.25) is 5.91 Å². The number of carbonyl (C=O) groups is 1. The average molecular weight is 334 g/mol. The first kappa shape index (κ1) is 17.7. The molecule has 0 spiro atoms. The zero-order valence-electron chi connectivity index (χ0n) is 14.7. The summed E-state index contributed by atoms with van der Waals surface area (Å²) < 4.78 is 0. The smallest absolute Gasteiger partial charge is 0.241 e. The Kier molecular flexibility index (Phi) is 5.93. The number of fused-ring (bicyclic) bond motifs is 1. The molecule has 0 aliphatic rings. The van der Waals surface area contributed by atoms with E-state index in [1.807, 2.05) is 11.8 Å². The second-order valence-corrected chi connectivity index (χ2v) is 7.02. The summed E-state index contributed by atoms with van der Waals surface area (Å²) in [6.07, 6.45) is 1.96. The molecule has 0 saturated carbocycles. The lowest BCUT2D eigenvalue weighted by Gasteiger charge is -2.21. The fraction of sp³-hybridized carbons (Fsp3) is 0.588. The summed E-state index contributed by atoms with van der Waals surface area (Å²) in [5, 5.41) is 4.29. The van der Waals surface area contributed by atoms with Crippen LogP contribution in [-0.4, -0.2) is 40.4 Å². The minimum Gasteiger partial charge on any atom is -0.360 e. The zero-order valence-corrected chi connectivity index (χ0v) is 15.5. The third-order valence-corrected chi connectivity index (χ3v) is 4.99. The van der Waals surface area contributed by atoms with Crippen LogP contribution in [0.3, 0.4) is 0 Å². The minimum atomic E-state index is 0.128. The third kappa shape index (κ3) is 3.99. The highest BCUT2D eigenvalue weighted by Gasteiger charge is 2.16. The highest BCUT2D eigenvalue weighted by Crippen LogP contribution is 2.33. The zero-order chi connectivity index (χ0) is 17.0. The second kappa shape index (κ2) is 7.73. The van der Waals surface area contributed by atoms with Crippen molar-refractivity contribution in [1.82, 2.24) is 14.9 Å². The molecule has 1 N–H and O–H groups in total.